The van der Waals surface area contributed by atoms with Gasteiger partial charge in [0, 0.05) is 28.0 Å². The van der Waals surface area contributed by atoms with Crippen molar-refractivity contribution in [2.24, 2.45) is 17.8 Å². The minimum absolute atomic E-state index is 0.740. The van der Waals surface area contributed by atoms with Crippen LogP contribution in [0.25, 0.3) is 23.1 Å². The third-order valence-corrected chi connectivity index (χ3v) is 5.19. The summed E-state index contributed by atoms with van der Waals surface area (Å²) in [6.45, 7) is 10.3. The Morgan fingerprint density at radius 3 is 2.52 bits per heavy atom. The van der Waals surface area contributed by atoms with Crippen LogP contribution < -0.4 is 10.6 Å². The van der Waals surface area contributed by atoms with Crippen molar-refractivity contribution in [2.45, 2.75) is 47.1 Å². The maximum absolute atomic E-state index is 2.56. The van der Waals surface area contributed by atoms with Crippen LogP contribution in [-0.2, 0) is 6.54 Å². The van der Waals surface area contributed by atoms with Gasteiger partial charge in [-0.05, 0) is 43.6 Å². The summed E-state index contributed by atoms with van der Waals surface area (Å²) < 4.78 is 2.50. The number of hydrogen-bond donors (Lipinski definition) is 0. The Morgan fingerprint density at radius 1 is 1.19 bits per heavy atom. The lowest BCUT2D eigenvalue weighted by atomic mass is 9.66. The standard InChI is InChI=1S/C20H27N/c1-5-11-21-19(6-2)18(13-17-14(3)12-15(17)4)16-9-7-8-10-20(16)21/h6-10,13-15,17H,5,11-12H2,1-4H3/b18-13-,19-6+. The van der Waals surface area contributed by atoms with Gasteiger partial charge in [-0.1, -0.05) is 51.1 Å². The fourth-order valence-corrected chi connectivity index (χ4v) is 4.09. The lowest BCUT2D eigenvalue weighted by Crippen LogP contribution is -2.36. The van der Waals surface area contributed by atoms with Crippen LogP contribution in [0.2, 0.25) is 0 Å². The van der Waals surface area contributed by atoms with E-state index in [2.05, 4.69) is 68.7 Å². The second-order valence-electron chi connectivity index (χ2n) is 6.69. The van der Waals surface area contributed by atoms with Gasteiger partial charge in [0.15, 0.2) is 0 Å². The Balaban J connectivity index is 2.29. The number of benzene rings is 1. The fourth-order valence-electron chi connectivity index (χ4n) is 4.09. The highest BCUT2D eigenvalue weighted by atomic mass is 15.0. The predicted octanol–water partition coefficient (Wildman–Crippen LogP) is 3.92. The molecule has 0 saturated heterocycles. The molecule has 0 radical (unpaired) electrons. The van der Waals surface area contributed by atoms with Crippen molar-refractivity contribution in [3.8, 4) is 0 Å². The Morgan fingerprint density at radius 2 is 1.90 bits per heavy atom. The summed E-state index contributed by atoms with van der Waals surface area (Å²) in [5.74, 6) is 2.40. The summed E-state index contributed by atoms with van der Waals surface area (Å²) in [5.41, 5.74) is 1.39. The molecule has 1 aliphatic rings. The SMILES string of the molecule is C/C=c1\c(=C/C2C(C)CC2C)c2ccccc2n1CCC. The van der Waals surface area contributed by atoms with E-state index in [0.29, 0.717) is 0 Å². The van der Waals surface area contributed by atoms with Gasteiger partial charge in [-0.15, -0.1) is 0 Å². The second kappa shape index (κ2) is 5.71. The lowest BCUT2D eigenvalue weighted by molar-refractivity contribution is 0.163. The van der Waals surface area contributed by atoms with Gasteiger partial charge in [-0.25, -0.2) is 0 Å². The first-order valence-corrected chi connectivity index (χ1v) is 8.42. The van der Waals surface area contributed by atoms with E-state index in [1.54, 1.807) is 0 Å². The first-order valence-electron chi connectivity index (χ1n) is 8.42. The van der Waals surface area contributed by atoms with E-state index < -0.39 is 0 Å². The molecule has 0 amide bonds. The predicted molar refractivity (Wildman–Crippen MR) is 92.5 cm³/mol. The summed E-state index contributed by atoms with van der Waals surface area (Å²) in [6.07, 6.45) is 7.40. The van der Waals surface area contributed by atoms with Crippen molar-refractivity contribution in [1.29, 1.82) is 0 Å². The van der Waals surface area contributed by atoms with Crippen molar-refractivity contribution >= 4 is 23.1 Å². The van der Waals surface area contributed by atoms with Crippen LogP contribution >= 0.6 is 0 Å². The second-order valence-corrected chi connectivity index (χ2v) is 6.69. The maximum Gasteiger partial charge on any atom is 0.0491 e. The van der Waals surface area contributed by atoms with Crippen molar-refractivity contribution in [3.63, 3.8) is 0 Å². The van der Waals surface area contributed by atoms with E-state index in [0.717, 1.165) is 24.3 Å². The van der Waals surface area contributed by atoms with Crippen LogP contribution in [0, 0.1) is 17.8 Å². The zero-order valence-electron chi connectivity index (χ0n) is 13.8. The van der Waals surface area contributed by atoms with E-state index >= 15 is 0 Å². The van der Waals surface area contributed by atoms with Crippen LogP contribution in [0.3, 0.4) is 0 Å². The molecule has 1 saturated carbocycles. The number of nitrogens with zero attached hydrogens (tertiary/aromatic N) is 1. The van der Waals surface area contributed by atoms with Gasteiger partial charge in [0.2, 0.25) is 0 Å². The third-order valence-electron chi connectivity index (χ3n) is 5.19. The molecule has 112 valence electrons. The number of rotatable bonds is 3. The molecule has 1 aliphatic carbocycles. The van der Waals surface area contributed by atoms with Crippen molar-refractivity contribution in [1.82, 2.24) is 4.57 Å². The molecule has 1 heterocycles. The molecule has 0 bridgehead atoms. The smallest absolute Gasteiger partial charge is 0.0491 e. The molecule has 1 fully saturated rings. The van der Waals surface area contributed by atoms with Gasteiger partial charge in [0.25, 0.3) is 0 Å². The monoisotopic (exact) mass is 281 g/mol. The average Bonchev–Trinajstić information content (AvgIpc) is 2.79. The fraction of sp³-hybridized carbons (Fsp3) is 0.500. The highest BCUT2D eigenvalue weighted by Gasteiger charge is 2.32. The molecule has 0 spiro atoms. The number of fused-ring (bicyclic) bond motifs is 1. The van der Waals surface area contributed by atoms with Crippen LogP contribution in [0.5, 0.6) is 0 Å². The molecule has 21 heavy (non-hydrogen) atoms. The quantitative estimate of drug-likeness (QED) is 0.803. The summed E-state index contributed by atoms with van der Waals surface area (Å²) >= 11 is 0. The summed E-state index contributed by atoms with van der Waals surface area (Å²) in [5, 5.41) is 4.29. The third kappa shape index (κ3) is 2.33. The van der Waals surface area contributed by atoms with E-state index in [1.165, 1.54) is 34.3 Å². The lowest BCUT2D eigenvalue weighted by Gasteiger charge is -2.39. The van der Waals surface area contributed by atoms with Crippen LogP contribution in [0.4, 0.5) is 0 Å². The Kier molecular flexibility index (Phi) is 3.93. The molecule has 0 N–H and O–H groups in total. The zero-order chi connectivity index (χ0) is 15.0. The van der Waals surface area contributed by atoms with Crippen LogP contribution in [0.1, 0.15) is 40.5 Å². The summed E-state index contributed by atoms with van der Waals surface area (Å²) in [7, 11) is 0. The molecule has 0 aliphatic heterocycles. The molecule has 1 aromatic heterocycles. The van der Waals surface area contributed by atoms with Crippen molar-refractivity contribution in [3.05, 3.63) is 34.8 Å². The minimum Gasteiger partial charge on any atom is -0.341 e. The minimum atomic E-state index is 0.740. The van der Waals surface area contributed by atoms with Crippen LogP contribution in [0.15, 0.2) is 24.3 Å². The maximum atomic E-state index is 2.56. The first kappa shape index (κ1) is 14.4. The average molecular weight is 281 g/mol. The van der Waals surface area contributed by atoms with Gasteiger partial charge in [-0.2, -0.15) is 0 Å². The largest absolute Gasteiger partial charge is 0.341 e. The van der Waals surface area contributed by atoms with Crippen molar-refractivity contribution < 1.29 is 0 Å². The number of aromatic nitrogens is 1. The molecule has 3 rings (SSSR count). The van der Waals surface area contributed by atoms with Gasteiger partial charge < -0.3 is 4.57 Å². The van der Waals surface area contributed by atoms with E-state index in [4.69, 9.17) is 0 Å². The number of aryl methyl sites for hydroxylation is 1. The molecule has 2 aromatic rings. The molecular weight excluding hydrogens is 254 g/mol. The van der Waals surface area contributed by atoms with E-state index in [1.807, 2.05) is 0 Å². The van der Waals surface area contributed by atoms with Crippen LogP contribution in [-0.4, -0.2) is 4.57 Å². The number of para-hydroxylation sites is 1. The van der Waals surface area contributed by atoms with E-state index in [-0.39, 0.29) is 0 Å². The zero-order valence-corrected chi connectivity index (χ0v) is 13.8. The topological polar surface area (TPSA) is 4.93 Å². The molecular formula is C20H27N. The highest BCUT2D eigenvalue weighted by molar-refractivity contribution is 5.82. The molecule has 2 atom stereocenters. The van der Waals surface area contributed by atoms with Gasteiger partial charge >= 0.3 is 0 Å². The summed E-state index contributed by atoms with van der Waals surface area (Å²) in [4.78, 5) is 0. The molecule has 1 nitrogen and oxygen atoms in total. The van der Waals surface area contributed by atoms with Gasteiger partial charge in [0.1, 0.15) is 0 Å². The summed E-state index contributed by atoms with van der Waals surface area (Å²) in [6, 6.07) is 8.88. The molecule has 2 unspecified atom stereocenters. The number of hydrogen-bond acceptors (Lipinski definition) is 0. The first-order chi connectivity index (χ1) is 10.2. The molecule has 1 heteroatoms. The molecule has 1 aromatic carbocycles. The normalized spacial score (nSPS) is 27.3. The Hall–Kier alpha value is -1.50. The highest BCUT2D eigenvalue weighted by Crippen LogP contribution is 2.40. The van der Waals surface area contributed by atoms with Gasteiger partial charge in [-0.3, -0.25) is 0 Å². The van der Waals surface area contributed by atoms with Crippen molar-refractivity contribution in [2.75, 3.05) is 0 Å². The Bertz CT molecular complexity index is 742. The Labute approximate surface area is 128 Å². The van der Waals surface area contributed by atoms with E-state index in [9.17, 15) is 0 Å². The van der Waals surface area contributed by atoms with Gasteiger partial charge in [0.05, 0.1) is 0 Å².